The van der Waals surface area contributed by atoms with Crippen LogP contribution in [0.15, 0.2) is 23.3 Å². The maximum atomic E-state index is 11.2. The summed E-state index contributed by atoms with van der Waals surface area (Å²) in [6.45, 7) is 12.7. The Balaban J connectivity index is 3.05. The zero-order valence-corrected chi connectivity index (χ0v) is 18.1. The third-order valence-corrected chi connectivity index (χ3v) is 5.75. The predicted octanol–water partition coefficient (Wildman–Crippen LogP) is 5.33. The topological polar surface area (TPSA) is 111 Å². The molecule has 0 radical (unpaired) electrons. The van der Waals surface area contributed by atoms with Crippen molar-refractivity contribution >= 4 is 46.3 Å². The van der Waals surface area contributed by atoms with E-state index in [2.05, 4.69) is 52.1 Å². The van der Waals surface area contributed by atoms with Gasteiger partial charge in [0.25, 0.3) is 5.69 Å². The number of nitrogens with zero attached hydrogens (tertiary/aromatic N) is 3. The molecule has 0 saturated heterocycles. The molecule has 0 unspecified atom stereocenters. The number of non-ortho nitro benzene ring substituents is 1. The van der Waals surface area contributed by atoms with Gasteiger partial charge in [0.05, 0.1) is 21.6 Å². The number of thioether (sulfide) groups is 2. The van der Waals surface area contributed by atoms with Crippen molar-refractivity contribution in [3.63, 3.8) is 0 Å². The number of nitrogens with one attached hydrogen (secondary N) is 1. The van der Waals surface area contributed by atoms with Gasteiger partial charge in [0.15, 0.2) is 0 Å². The van der Waals surface area contributed by atoms with E-state index in [1.807, 2.05) is 0 Å². The molecule has 0 fully saturated rings. The Morgan fingerprint density at radius 1 is 1.00 bits per heavy atom. The van der Waals surface area contributed by atoms with E-state index < -0.39 is 9.85 Å². The van der Waals surface area contributed by atoms with E-state index in [4.69, 9.17) is 0 Å². The molecule has 0 amide bonds. The fraction of sp³-hybridized carbons (Fsp3) is 0.588. The van der Waals surface area contributed by atoms with Crippen LogP contribution in [0.4, 0.5) is 17.1 Å². The molecular weight excluding hydrogens is 388 g/mol. The van der Waals surface area contributed by atoms with Gasteiger partial charge in [-0.15, -0.1) is 23.5 Å². The first-order valence-electron chi connectivity index (χ1n) is 8.31. The first kappa shape index (κ1) is 23.2. The molecule has 1 rings (SSSR count). The number of rotatable bonds is 8. The fourth-order valence-electron chi connectivity index (χ4n) is 1.72. The van der Waals surface area contributed by atoms with Crippen molar-refractivity contribution in [1.29, 1.82) is 0 Å². The summed E-state index contributed by atoms with van der Waals surface area (Å²) in [7, 11) is 0. The third kappa shape index (κ3) is 9.09. The molecule has 0 saturated carbocycles. The van der Waals surface area contributed by atoms with Crippen LogP contribution in [0.2, 0.25) is 0 Å². The molecule has 0 aromatic heterocycles. The van der Waals surface area contributed by atoms with Gasteiger partial charge >= 0.3 is 5.69 Å². The Labute approximate surface area is 167 Å². The van der Waals surface area contributed by atoms with Gasteiger partial charge in [-0.25, -0.2) is 0 Å². The van der Waals surface area contributed by atoms with E-state index >= 15 is 0 Å². The molecule has 1 aromatic rings. The van der Waals surface area contributed by atoms with Crippen LogP contribution in [-0.4, -0.2) is 36.6 Å². The quantitative estimate of drug-likeness (QED) is 0.347. The van der Waals surface area contributed by atoms with Crippen molar-refractivity contribution in [3.8, 4) is 0 Å². The van der Waals surface area contributed by atoms with E-state index in [0.717, 1.165) is 11.8 Å². The van der Waals surface area contributed by atoms with Crippen molar-refractivity contribution in [3.05, 3.63) is 38.4 Å². The predicted molar refractivity (Wildman–Crippen MR) is 115 cm³/mol. The smallest absolute Gasteiger partial charge is 0.272 e. The summed E-state index contributed by atoms with van der Waals surface area (Å²) < 4.78 is 0.124. The van der Waals surface area contributed by atoms with Gasteiger partial charge in [0.1, 0.15) is 5.69 Å². The Hall–Kier alpha value is -1.81. The second kappa shape index (κ2) is 9.41. The van der Waals surface area contributed by atoms with Crippen molar-refractivity contribution < 1.29 is 9.85 Å². The van der Waals surface area contributed by atoms with Crippen LogP contribution in [0.5, 0.6) is 0 Å². The molecule has 1 N–H and O–H groups in total. The highest BCUT2D eigenvalue weighted by Gasteiger charge is 2.20. The lowest BCUT2D eigenvalue weighted by Crippen LogP contribution is -2.19. The largest absolute Gasteiger partial charge is 0.301 e. The molecule has 10 heteroatoms. The van der Waals surface area contributed by atoms with Crippen molar-refractivity contribution in [2.24, 2.45) is 5.10 Å². The second-order valence-corrected chi connectivity index (χ2v) is 11.4. The second-order valence-electron chi connectivity index (χ2n) is 7.81. The van der Waals surface area contributed by atoms with Gasteiger partial charge in [-0.2, -0.15) is 5.10 Å². The van der Waals surface area contributed by atoms with E-state index in [1.54, 1.807) is 23.5 Å². The van der Waals surface area contributed by atoms with E-state index in [1.165, 1.54) is 12.1 Å². The first-order valence-corrected chi connectivity index (χ1v) is 10.3. The summed E-state index contributed by atoms with van der Waals surface area (Å²) in [5.74, 6) is 1.36. The van der Waals surface area contributed by atoms with Crippen molar-refractivity contribution in [2.45, 2.75) is 51.0 Å². The molecule has 0 bridgehead atoms. The maximum Gasteiger partial charge on any atom is 0.301 e. The highest BCUT2D eigenvalue weighted by atomic mass is 32.2. The number of nitro benzene ring substituents is 2. The SMILES string of the molecule is CC(C)(C)SCC(CSC(C)(C)C)=NNc1ccc([N+](=O)[O-])cc1[N+](=O)[O-]. The highest BCUT2D eigenvalue weighted by Crippen LogP contribution is 2.30. The summed E-state index contributed by atoms with van der Waals surface area (Å²) in [5, 5.41) is 26.5. The molecule has 8 nitrogen and oxygen atoms in total. The van der Waals surface area contributed by atoms with Gasteiger partial charge in [-0.3, -0.25) is 25.7 Å². The van der Waals surface area contributed by atoms with Crippen LogP contribution < -0.4 is 5.43 Å². The summed E-state index contributed by atoms with van der Waals surface area (Å²) in [6, 6.07) is 3.47. The first-order chi connectivity index (χ1) is 12.3. The van der Waals surface area contributed by atoms with Gasteiger partial charge in [-0.05, 0) is 6.07 Å². The average molecular weight is 415 g/mol. The number of benzene rings is 1. The Bertz CT molecular complexity index is 705. The number of anilines is 1. The highest BCUT2D eigenvalue weighted by molar-refractivity contribution is 8.02. The number of hydrogen-bond acceptors (Lipinski definition) is 8. The molecular formula is C17H26N4O4S2. The molecule has 1 aromatic carbocycles. The van der Waals surface area contributed by atoms with Crippen molar-refractivity contribution in [2.75, 3.05) is 16.9 Å². The minimum absolute atomic E-state index is 0.0620. The van der Waals surface area contributed by atoms with Crippen LogP contribution in [0.3, 0.4) is 0 Å². The molecule has 0 atom stereocenters. The summed E-state index contributed by atoms with van der Waals surface area (Å²) in [5.41, 5.74) is 3.02. The van der Waals surface area contributed by atoms with Gasteiger partial charge in [0, 0.05) is 27.1 Å². The van der Waals surface area contributed by atoms with Crippen LogP contribution in [0, 0.1) is 20.2 Å². The number of nitro groups is 2. The minimum Gasteiger partial charge on any atom is -0.272 e. The molecule has 0 aliphatic carbocycles. The van der Waals surface area contributed by atoms with Crippen LogP contribution in [0.25, 0.3) is 0 Å². The van der Waals surface area contributed by atoms with Gasteiger partial charge in [0.2, 0.25) is 0 Å². The summed E-state index contributed by atoms with van der Waals surface area (Å²) in [4.78, 5) is 20.8. The Morgan fingerprint density at radius 2 is 1.52 bits per heavy atom. The lowest BCUT2D eigenvalue weighted by molar-refractivity contribution is -0.393. The lowest BCUT2D eigenvalue weighted by Gasteiger charge is -2.21. The van der Waals surface area contributed by atoms with Crippen LogP contribution in [-0.2, 0) is 0 Å². The van der Waals surface area contributed by atoms with Crippen LogP contribution in [0.1, 0.15) is 41.5 Å². The summed E-state index contributed by atoms with van der Waals surface area (Å²) in [6.07, 6.45) is 0. The third-order valence-electron chi connectivity index (χ3n) is 3.07. The monoisotopic (exact) mass is 414 g/mol. The normalized spacial score (nSPS) is 11.8. The lowest BCUT2D eigenvalue weighted by atomic mass is 10.2. The molecule has 0 aliphatic rings. The maximum absolute atomic E-state index is 11.2. The molecule has 150 valence electrons. The number of hydrazone groups is 1. The average Bonchev–Trinajstić information content (AvgIpc) is 2.51. The standard InChI is InChI=1S/C17H26N4O4S2/c1-16(2,3)26-10-12(11-27-17(4,5)6)18-19-14-8-7-13(20(22)23)9-15(14)21(24)25/h7-9,19H,10-11H2,1-6H3. The molecule has 0 spiro atoms. The Morgan fingerprint density at radius 3 is 1.93 bits per heavy atom. The molecule has 0 aliphatic heterocycles. The fourth-order valence-corrected chi connectivity index (χ4v) is 3.39. The van der Waals surface area contributed by atoms with E-state index in [9.17, 15) is 20.2 Å². The summed E-state index contributed by atoms with van der Waals surface area (Å²) >= 11 is 3.47. The van der Waals surface area contributed by atoms with E-state index in [-0.39, 0.29) is 26.6 Å². The van der Waals surface area contributed by atoms with Gasteiger partial charge in [-0.1, -0.05) is 41.5 Å². The van der Waals surface area contributed by atoms with Crippen LogP contribution >= 0.6 is 23.5 Å². The molecule has 0 heterocycles. The minimum atomic E-state index is -0.661. The van der Waals surface area contributed by atoms with Crippen molar-refractivity contribution in [1.82, 2.24) is 0 Å². The zero-order valence-electron chi connectivity index (χ0n) is 16.4. The molecule has 27 heavy (non-hydrogen) atoms. The van der Waals surface area contributed by atoms with Gasteiger partial charge < -0.3 is 0 Å². The zero-order chi connectivity index (χ0) is 20.8. The van der Waals surface area contributed by atoms with E-state index in [0.29, 0.717) is 11.5 Å². The Kier molecular flexibility index (Phi) is 8.09. The number of hydrogen-bond donors (Lipinski definition) is 1.